The van der Waals surface area contributed by atoms with E-state index in [1.807, 2.05) is 51.1 Å². The second kappa shape index (κ2) is 10.3. The Morgan fingerprint density at radius 3 is 2.43 bits per heavy atom. The fourth-order valence-corrected chi connectivity index (χ4v) is 3.13. The molecule has 2 aromatic rings. The molecule has 0 aliphatic rings. The molecule has 1 atom stereocenters. The van der Waals surface area contributed by atoms with Crippen molar-refractivity contribution in [2.24, 2.45) is 5.92 Å². The van der Waals surface area contributed by atoms with Crippen LogP contribution < -0.4 is 14.8 Å². The number of halogens is 1. The number of aliphatic carboxylic acids is 1. The number of rotatable bonds is 10. The number of methoxy groups -OCH3 is 1. The van der Waals surface area contributed by atoms with Crippen LogP contribution in [0, 0.1) is 12.8 Å². The van der Waals surface area contributed by atoms with E-state index in [4.69, 9.17) is 21.1 Å². The standard InChI is InChI=1S/C22H28ClNO4/c1-14(2)9-19(22(25)26)24-12-17-10-18(23)21(20(11-17)27-4)28-13-16-7-5-15(3)6-8-16/h5-8,10-11,14,19,24H,9,12-13H2,1-4H3,(H,25,26). The highest BCUT2D eigenvalue weighted by Gasteiger charge is 2.19. The lowest BCUT2D eigenvalue weighted by Gasteiger charge is -2.18. The van der Waals surface area contributed by atoms with Gasteiger partial charge in [0.2, 0.25) is 0 Å². The maximum atomic E-state index is 11.4. The molecule has 2 aromatic carbocycles. The number of aryl methyl sites for hydroxylation is 1. The fraction of sp³-hybridized carbons (Fsp3) is 0.409. The van der Waals surface area contributed by atoms with E-state index in [0.717, 1.165) is 11.1 Å². The predicted molar refractivity (Wildman–Crippen MR) is 111 cm³/mol. The molecule has 28 heavy (non-hydrogen) atoms. The highest BCUT2D eigenvalue weighted by molar-refractivity contribution is 6.32. The summed E-state index contributed by atoms with van der Waals surface area (Å²) in [6.45, 7) is 6.78. The van der Waals surface area contributed by atoms with Crippen molar-refractivity contribution in [2.75, 3.05) is 7.11 Å². The summed E-state index contributed by atoms with van der Waals surface area (Å²) in [5.41, 5.74) is 3.06. The second-order valence-electron chi connectivity index (χ2n) is 7.28. The lowest BCUT2D eigenvalue weighted by molar-refractivity contribution is -0.140. The average Bonchev–Trinajstić information content (AvgIpc) is 2.64. The largest absolute Gasteiger partial charge is 0.493 e. The summed E-state index contributed by atoms with van der Waals surface area (Å²) >= 11 is 6.42. The first kappa shape index (κ1) is 22.1. The van der Waals surface area contributed by atoms with E-state index in [1.54, 1.807) is 13.2 Å². The summed E-state index contributed by atoms with van der Waals surface area (Å²) in [4.78, 5) is 11.4. The van der Waals surface area contributed by atoms with Crippen molar-refractivity contribution in [1.82, 2.24) is 5.32 Å². The number of carboxylic acids is 1. The van der Waals surface area contributed by atoms with Crippen LogP contribution in [-0.4, -0.2) is 24.2 Å². The van der Waals surface area contributed by atoms with Crippen LogP contribution in [0.2, 0.25) is 5.02 Å². The molecule has 1 unspecified atom stereocenters. The summed E-state index contributed by atoms with van der Waals surface area (Å²) in [5, 5.41) is 12.9. The van der Waals surface area contributed by atoms with Crippen LogP contribution >= 0.6 is 11.6 Å². The molecule has 0 radical (unpaired) electrons. The van der Waals surface area contributed by atoms with Crippen LogP contribution in [-0.2, 0) is 17.9 Å². The number of hydrogen-bond acceptors (Lipinski definition) is 4. The van der Waals surface area contributed by atoms with Gasteiger partial charge in [0.25, 0.3) is 0 Å². The third kappa shape index (κ3) is 6.43. The van der Waals surface area contributed by atoms with E-state index in [0.29, 0.717) is 36.1 Å². The lowest BCUT2D eigenvalue weighted by atomic mass is 10.0. The molecular weight excluding hydrogens is 378 g/mol. The normalized spacial score (nSPS) is 12.1. The number of ether oxygens (including phenoxy) is 2. The van der Waals surface area contributed by atoms with Crippen LogP contribution in [0.5, 0.6) is 11.5 Å². The zero-order valence-corrected chi connectivity index (χ0v) is 17.5. The predicted octanol–water partition coefficient (Wildman–Crippen LogP) is 4.82. The Morgan fingerprint density at radius 2 is 1.86 bits per heavy atom. The van der Waals surface area contributed by atoms with Crippen molar-refractivity contribution in [3.63, 3.8) is 0 Å². The van der Waals surface area contributed by atoms with E-state index in [9.17, 15) is 9.90 Å². The maximum Gasteiger partial charge on any atom is 0.320 e. The molecule has 0 aliphatic heterocycles. The number of benzene rings is 2. The van der Waals surface area contributed by atoms with Gasteiger partial charge in [-0.1, -0.05) is 55.3 Å². The van der Waals surface area contributed by atoms with Gasteiger partial charge in [-0.2, -0.15) is 0 Å². The number of hydrogen-bond donors (Lipinski definition) is 2. The molecular formula is C22H28ClNO4. The van der Waals surface area contributed by atoms with Gasteiger partial charge in [-0.15, -0.1) is 0 Å². The van der Waals surface area contributed by atoms with Gasteiger partial charge in [-0.05, 0) is 42.5 Å². The summed E-state index contributed by atoms with van der Waals surface area (Å²) in [5.74, 6) is 0.423. The number of carboxylic acid groups (broad SMARTS) is 1. The van der Waals surface area contributed by atoms with Crippen molar-refractivity contribution in [1.29, 1.82) is 0 Å². The van der Waals surface area contributed by atoms with Crippen LogP contribution in [0.1, 0.15) is 37.0 Å². The molecule has 0 amide bonds. The zero-order chi connectivity index (χ0) is 20.7. The van der Waals surface area contributed by atoms with Crippen LogP contribution in [0.4, 0.5) is 0 Å². The van der Waals surface area contributed by atoms with Crippen LogP contribution in [0.3, 0.4) is 0 Å². The van der Waals surface area contributed by atoms with Gasteiger partial charge in [0, 0.05) is 6.54 Å². The smallest absolute Gasteiger partial charge is 0.320 e. The Hall–Kier alpha value is -2.24. The molecule has 0 aliphatic carbocycles. The SMILES string of the molecule is COc1cc(CNC(CC(C)C)C(=O)O)cc(Cl)c1OCc1ccc(C)cc1. The third-order valence-corrected chi connectivity index (χ3v) is 4.63. The monoisotopic (exact) mass is 405 g/mol. The molecule has 0 fully saturated rings. The Morgan fingerprint density at radius 1 is 1.18 bits per heavy atom. The summed E-state index contributed by atoms with van der Waals surface area (Å²) in [6.07, 6.45) is 0.554. The first-order valence-corrected chi connectivity index (χ1v) is 9.69. The molecule has 2 N–H and O–H groups in total. The number of nitrogens with one attached hydrogen (secondary N) is 1. The lowest BCUT2D eigenvalue weighted by Crippen LogP contribution is -2.37. The Kier molecular flexibility index (Phi) is 8.15. The molecule has 0 heterocycles. The molecule has 0 saturated heterocycles. The maximum absolute atomic E-state index is 11.4. The van der Waals surface area contributed by atoms with Gasteiger partial charge in [0.15, 0.2) is 11.5 Å². The topological polar surface area (TPSA) is 67.8 Å². The average molecular weight is 406 g/mol. The molecule has 0 saturated carbocycles. The molecule has 6 heteroatoms. The van der Waals surface area contributed by atoms with Crippen LogP contribution in [0.25, 0.3) is 0 Å². The summed E-state index contributed by atoms with van der Waals surface area (Å²) < 4.78 is 11.3. The van der Waals surface area contributed by atoms with E-state index in [1.165, 1.54) is 5.56 Å². The van der Waals surface area contributed by atoms with Crippen molar-refractivity contribution in [2.45, 2.75) is 46.4 Å². The quantitative estimate of drug-likeness (QED) is 0.592. The third-order valence-electron chi connectivity index (χ3n) is 4.35. The molecule has 0 aromatic heterocycles. The van der Waals surface area contributed by atoms with Gasteiger partial charge < -0.3 is 19.9 Å². The van der Waals surface area contributed by atoms with Gasteiger partial charge >= 0.3 is 5.97 Å². The van der Waals surface area contributed by atoms with Gasteiger partial charge in [0.05, 0.1) is 12.1 Å². The minimum absolute atomic E-state index is 0.282. The minimum atomic E-state index is -0.857. The first-order valence-electron chi connectivity index (χ1n) is 9.31. The highest BCUT2D eigenvalue weighted by Crippen LogP contribution is 2.37. The van der Waals surface area contributed by atoms with E-state index in [-0.39, 0.29) is 5.92 Å². The molecule has 152 valence electrons. The van der Waals surface area contributed by atoms with E-state index in [2.05, 4.69) is 5.32 Å². The fourth-order valence-electron chi connectivity index (χ4n) is 2.84. The summed E-state index contributed by atoms with van der Waals surface area (Å²) in [7, 11) is 1.56. The van der Waals surface area contributed by atoms with Gasteiger partial charge in [0.1, 0.15) is 12.6 Å². The van der Waals surface area contributed by atoms with Gasteiger partial charge in [-0.25, -0.2) is 0 Å². The second-order valence-corrected chi connectivity index (χ2v) is 7.69. The molecule has 2 rings (SSSR count). The Bertz CT molecular complexity index is 790. The van der Waals surface area contributed by atoms with Crippen molar-refractivity contribution < 1.29 is 19.4 Å². The van der Waals surface area contributed by atoms with Crippen molar-refractivity contribution in [3.05, 3.63) is 58.1 Å². The first-order chi connectivity index (χ1) is 13.3. The van der Waals surface area contributed by atoms with E-state index >= 15 is 0 Å². The highest BCUT2D eigenvalue weighted by atomic mass is 35.5. The van der Waals surface area contributed by atoms with Crippen molar-refractivity contribution in [3.8, 4) is 11.5 Å². The molecule has 0 bridgehead atoms. The van der Waals surface area contributed by atoms with Crippen LogP contribution in [0.15, 0.2) is 36.4 Å². The van der Waals surface area contributed by atoms with E-state index < -0.39 is 12.0 Å². The number of carbonyl (C=O) groups is 1. The zero-order valence-electron chi connectivity index (χ0n) is 16.8. The summed E-state index contributed by atoms with van der Waals surface area (Å²) in [6, 6.07) is 11.1. The Balaban J connectivity index is 2.09. The minimum Gasteiger partial charge on any atom is -0.493 e. The van der Waals surface area contributed by atoms with Gasteiger partial charge in [-0.3, -0.25) is 4.79 Å². The molecule has 5 nitrogen and oxygen atoms in total. The molecule has 0 spiro atoms. The van der Waals surface area contributed by atoms with Crippen molar-refractivity contribution >= 4 is 17.6 Å². The Labute approximate surface area is 171 Å².